The Morgan fingerprint density at radius 1 is 1.32 bits per heavy atom. The van der Waals surface area contributed by atoms with Gasteiger partial charge in [-0.2, -0.15) is 0 Å². The highest BCUT2D eigenvalue weighted by Gasteiger charge is 2.17. The van der Waals surface area contributed by atoms with Gasteiger partial charge in [-0.05, 0) is 12.8 Å². The van der Waals surface area contributed by atoms with Gasteiger partial charge in [0.05, 0.1) is 12.5 Å². The molecule has 1 saturated heterocycles. The van der Waals surface area contributed by atoms with E-state index >= 15 is 0 Å². The van der Waals surface area contributed by atoms with Crippen LogP contribution < -0.4 is 11.1 Å². The molecule has 1 aliphatic heterocycles. The van der Waals surface area contributed by atoms with Gasteiger partial charge in [0.15, 0.2) is 0 Å². The maximum atomic E-state index is 12.3. The average molecular weight is 375 g/mol. The Kier molecular flexibility index (Phi) is 9.40. The Hall–Kier alpha value is -1.71. The zero-order valence-electron chi connectivity index (χ0n) is 14.5. The van der Waals surface area contributed by atoms with E-state index in [-0.39, 0.29) is 55.8 Å². The van der Waals surface area contributed by atoms with Crippen LogP contribution in [0.3, 0.4) is 0 Å². The zero-order valence-corrected chi connectivity index (χ0v) is 15.3. The first-order valence-corrected chi connectivity index (χ1v) is 8.32. The van der Waals surface area contributed by atoms with Crippen LogP contribution in [0.4, 0.5) is 5.95 Å². The molecule has 0 aliphatic carbocycles. The van der Waals surface area contributed by atoms with E-state index in [1.807, 2.05) is 4.90 Å². The van der Waals surface area contributed by atoms with Crippen molar-refractivity contribution in [1.82, 2.24) is 19.7 Å². The lowest BCUT2D eigenvalue weighted by atomic mass is 10.2. The number of anilines is 1. The number of ether oxygens (including phenoxy) is 1. The van der Waals surface area contributed by atoms with Crippen LogP contribution in [0.1, 0.15) is 32.1 Å². The maximum Gasteiger partial charge on any atom is 0.248 e. The minimum atomic E-state index is -0.336. The van der Waals surface area contributed by atoms with E-state index in [0.717, 1.165) is 25.9 Å². The van der Waals surface area contributed by atoms with Crippen LogP contribution in [0.5, 0.6) is 0 Å². The highest BCUT2D eigenvalue weighted by Crippen LogP contribution is 2.10. The van der Waals surface area contributed by atoms with Crippen molar-refractivity contribution < 1.29 is 14.3 Å². The van der Waals surface area contributed by atoms with Gasteiger partial charge < -0.3 is 15.4 Å². The molecule has 0 saturated carbocycles. The van der Waals surface area contributed by atoms with Crippen molar-refractivity contribution in [2.24, 2.45) is 5.73 Å². The number of likely N-dealkylation sites (tertiary alicyclic amines) is 1. The quantitative estimate of drug-likeness (QED) is 0.714. The number of aromatic nitrogens is 3. The number of methoxy groups -OCH3 is 1. The Morgan fingerprint density at radius 2 is 2.00 bits per heavy atom. The number of nitrogens with zero attached hydrogens (tertiary/aromatic N) is 4. The molecule has 2 amide bonds. The Bertz CT molecular complexity index is 541. The number of hydrogen-bond donors (Lipinski definition) is 2. The molecular formula is C15H27ClN6O3. The number of carbonyl (C=O) groups excluding carboxylic acids is 2. The van der Waals surface area contributed by atoms with Gasteiger partial charge in [0.25, 0.3) is 0 Å². The van der Waals surface area contributed by atoms with Crippen molar-refractivity contribution in [3.05, 3.63) is 6.33 Å². The van der Waals surface area contributed by atoms with Crippen LogP contribution in [0, 0.1) is 0 Å². The highest BCUT2D eigenvalue weighted by atomic mass is 35.5. The van der Waals surface area contributed by atoms with Crippen molar-refractivity contribution in [1.29, 1.82) is 0 Å². The molecule has 1 aromatic rings. The minimum absolute atomic E-state index is 0. The van der Waals surface area contributed by atoms with Crippen LogP contribution in [0.25, 0.3) is 0 Å². The molecule has 3 N–H and O–H groups in total. The Labute approximate surface area is 153 Å². The van der Waals surface area contributed by atoms with Gasteiger partial charge in [0.1, 0.15) is 12.9 Å². The molecule has 1 atom stereocenters. The first kappa shape index (κ1) is 21.3. The summed E-state index contributed by atoms with van der Waals surface area (Å²) in [5.41, 5.74) is 5.48. The lowest BCUT2D eigenvalue weighted by molar-refractivity contribution is -0.132. The second-order valence-corrected chi connectivity index (χ2v) is 5.91. The summed E-state index contributed by atoms with van der Waals surface area (Å²) in [5, 5.41) is 6.70. The van der Waals surface area contributed by atoms with Crippen molar-refractivity contribution in [3.8, 4) is 0 Å². The van der Waals surface area contributed by atoms with E-state index in [0.29, 0.717) is 0 Å². The van der Waals surface area contributed by atoms with Gasteiger partial charge in [-0.1, -0.05) is 12.8 Å². The van der Waals surface area contributed by atoms with Crippen LogP contribution in [-0.4, -0.2) is 64.3 Å². The van der Waals surface area contributed by atoms with Crippen LogP contribution in [-0.2, 0) is 20.9 Å². The minimum Gasteiger partial charge on any atom is -0.380 e. The molecule has 0 aromatic carbocycles. The number of halogens is 1. The largest absolute Gasteiger partial charge is 0.380 e. The lowest BCUT2D eigenvalue weighted by Crippen LogP contribution is -2.34. The molecule has 1 aromatic heterocycles. The van der Waals surface area contributed by atoms with E-state index < -0.39 is 0 Å². The highest BCUT2D eigenvalue weighted by molar-refractivity contribution is 5.89. The number of nitrogens with two attached hydrogens (primary N) is 1. The van der Waals surface area contributed by atoms with Crippen LogP contribution in [0.2, 0.25) is 0 Å². The van der Waals surface area contributed by atoms with Gasteiger partial charge >= 0.3 is 0 Å². The molecule has 2 rings (SSSR count). The van der Waals surface area contributed by atoms with Crippen molar-refractivity contribution in [2.75, 3.05) is 32.1 Å². The number of hydrogen-bond acceptors (Lipinski definition) is 6. The van der Waals surface area contributed by atoms with E-state index in [9.17, 15) is 9.59 Å². The van der Waals surface area contributed by atoms with Crippen molar-refractivity contribution in [2.45, 2.75) is 44.8 Å². The molecule has 0 spiro atoms. The third-order valence-corrected chi connectivity index (χ3v) is 4.05. The Balaban J connectivity index is 0.00000312. The fourth-order valence-corrected chi connectivity index (χ4v) is 2.63. The van der Waals surface area contributed by atoms with E-state index in [1.165, 1.54) is 31.0 Å². The summed E-state index contributed by atoms with van der Waals surface area (Å²) < 4.78 is 6.51. The lowest BCUT2D eigenvalue weighted by Gasteiger charge is -2.19. The molecule has 0 radical (unpaired) electrons. The SMILES string of the molecule is COC(CN)CC(=O)Nc1ncn(CC(=O)N2CCCCCC2)n1.Cl. The second kappa shape index (κ2) is 11.0. The normalized spacial score (nSPS) is 15.8. The predicted molar refractivity (Wildman–Crippen MR) is 95.4 cm³/mol. The number of carbonyl (C=O) groups is 2. The third-order valence-electron chi connectivity index (χ3n) is 4.05. The molecule has 142 valence electrons. The summed E-state index contributed by atoms with van der Waals surface area (Å²) >= 11 is 0. The topological polar surface area (TPSA) is 115 Å². The predicted octanol–water partition coefficient (Wildman–Crippen LogP) is 0.405. The maximum absolute atomic E-state index is 12.3. The number of nitrogens with one attached hydrogen (secondary N) is 1. The van der Waals surface area contributed by atoms with Crippen LogP contribution >= 0.6 is 12.4 Å². The summed E-state index contributed by atoms with van der Waals surface area (Å²) in [6, 6.07) is 0. The molecular weight excluding hydrogens is 348 g/mol. The summed E-state index contributed by atoms with van der Waals surface area (Å²) in [7, 11) is 1.51. The number of amides is 2. The molecule has 10 heteroatoms. The summed E-state index contributed by atoms with van der Waals surface area (Å²) in [4.78, 5) is 30.0. The van der Waals surface area contributed by atoms with Gasteiger partial charge in [-0.25, -0.2) is 9.67 Å². The van der Waals surface area contributed by atoms with Gasteiger partial charge in [-0.15, -0.1) is 17.5 Å². The molecule has 1 fully saturated rings. The van der Waals surface area contributed by atoms with Crippen molar-refractivity contribution in [3.63, 3.8) is 0 Å². The van der Waals surface area contributed by atoms with Crippen LogP contribution in [0.15, 0.2) is 6.33 Å². The summed E-state index contributed by atoms with van der Waals surface area (Å²) in [6.45, 7) is 1.99. The summed E-state index contributed by atoms with van der Waals surface area (Å²) in [5.74, 6) is -0.0679. The van der Waals surface area contributed by atoms with E-state index in [2.05, 4.69) is 15.4 Å². The average Bonchev–Trinajstić information content (AvgIpc) is 2.84. The van der Waals surface area contributed by atoms with Gasteiger partial charge in [0, 0.05) is 26.7 Å². The first-order chi connectivity index (χ1) is 11.6. The molecule has 1 aliphatic rings. The second-order valence-electron chi connectivity index (χ2n) is 5.91. The molecule has 9 nitrogen and oxygen atoms in total. The van der Waals surface area contributed by atoms with Crippen molar-refractivity contribution >= 4 is 30.2 Å². The molecule has 0 bridgehead atoms. The summed E-state index contributed by atoms with van der Waals surface area (Å²) in [6.07, 6.45) is 5.69. The monoisotopic (exact) mass is 374 g/mol. The van der Waals surface area contributed by atoms with Gasteiger partial charge in [-0.3, -0.25) is 14.9 Å². The fraction of sp³-hybridized carbons (Fsp3) is 0.733. The molecule has 25 heavy (non-hydrogen) atoms. The third kappa shape index (κ3) is 6.97. The van der Waals surface area contributed by atoms with E-state index in [1.54, 1.807) is 0 Å². The fourth-order valence-electron chi connectivity index (χ4n) is 2.63. The standard InChI is InChI=1S/C15H26N6O3.ClH/c1-24-12(9-16)8-13(22)18-15-17-11-21(19-15)10-14(23)20-6-4-2-3-5-7-20;/h11-12H,2-10,16H2,1H3,(H,18,19,22);1H. The molecule has 2 heterocycles. The van der Waals surface area contributed by atoms with Gasteiger partial charge in [0.2, 0.25) is 17.8 Å². The number of rotatable bonds is 7. The molecule has 1 unspecified atom stereocenters. The van der Waals surface area contributed by atoms with E-state index in [4.69, 9.17) is 10.5 Å². The first-order valence-electron chi connectivity index (χ1n) is 8.32. The Morgan fingerprint density at radius 3 is 2.60 bits per heavy atom. The zero-order chi connectivity index (χ0) is 17.4. The smallest absolute Gasteiger partial charge is 0.248 e.